The summed E-state index contributed by atoms with van der Waals surface area (Å²) in [5.74, 6) is -0.129. The number of anilines is 2. The first kappa shape index (κ1) is 12.9. The second-order valence-electron chi connectivity index (χ2n) is 3.81. The van der Waals surface area contributed by atoms with Gasteiger partial charge in [0.15, 0.2) is 0 Å². The van der Waals surface area contributed by atoms with Gasteiger partial charge in [-0.25, -0.2) is 0 Å². The molecule has 18 heavy (non-hydrogen) atoms. The molecule has 1 amide bonds. The predicted molar refractivity (Wildman–Crippen MR) is 77.5 cm³/mol. The lowest BCUT2D eigenvalue weighted by Gasteiger charge is -2.08. The molecule has 3 N–H and O–H groups in total. The molecule has 0 atom stereocenters. The molecule has 0 aliphatic rings. The zero-order valence-electron chi connectivity index (χ0n) is 9.87. The molecule has 0 fully saturated rings. The van der Waals surface area contributed by atoms with E-state index in [9.17, 15) is 4.79 Å². The third-order valence-electron chi connectivity index (χ3n) is 2.60. The summed E-state index contributed by atoms with van der Waals surface area (Å²) in [5, 5.41) is 5.27. The number of nitrogens with one attached hydrogen (secondary N) is 1. The Morgan fingerprint density at radius 3 is 2.89 bits per heavy atom. The van der Waals surface area contributed by atoms with Crippen LogP contribution in [0.5, 0.6) is 0 Å². The average molecular weight is 281 g/mol. The zero-order valence-corrected chi connectivity index (χ0v) is 11.4. The summed E-state index contributed by atoms with van der Waals surface area (Å²) in [6.45, 7) is 2.02. The average Bonchev–Trinajstić information content (AvgIpc) is 2.81. The number of hydrogen-bond acceptors (Lipinski definition) is 3. The predicted octanol–water partition coefficient (Wildman–Crippen LogP) is 3.80. The largest absolute Gasteiger partial charge is 0.397 e. The van der Waals surface area contributed by atoms with Crippen LogP contribution in [0.1, 0.15) is 22.2 Å². The van der Waals surface area contributed by atoms with Crippen molar-refractivity contribution in [2.24, 2.45) is 0 Å². The second-order valence-corrected chi connectivity index (χ2v) is 5.17. The highest BCUT2D eigenvalue weighted by Crippen LogP contribution is 2.25. The molecule has 1 heterocycles. The van der Waals surface area contributed by atoms with E-state index in [4.69, 9.17) is 17.3 Å². The number of amides is 1. The Morgan fingerprint density at radius 1 is 1.44 bits per heavy atom. The molecule has 2 aromatic rings. The quantitative estimate of drug-likeness (QED) is 0.840. The highest BCUT2D eigenvalue weighted by Gasteiger charge is 2.13. The number of aryl methyl sites for hydroxylation is 1. The molecule has 5 heteroatoms. The maximum Gasteiger partial charge on any atom is 0.266 e. The third-order valence-corrected chi connectivity index (χ3v) is 3.79. The normalized spacial score (nSPS) is 10.3. The molecule has 0 aliphatic heterocycles. The van der Waals surface area contributed by atoms with Crippen LogP contribution in [-0.2, 0) is 6.42 Å². The molecule has 0 saturated heterocycles. The van der Waals surface area contributed by atoms with E-state index >= 15 is 0 Å². The molecular weight excluding hydrogens is 268 g/mol. The number of nitrogens with two attached hydrogens (primary N) is 1. The van der Waals surface area contributed by atoms with Crippen molar-refractivity contribution in [3.8, 4) is 0 Å². The van der Waals surface area contributed by atoms with Crippen molar-refractivity contribution in [2.75, 3.05) is 11.1 Å². The molecule has 0 unspecified atom stereocenters. The van der Waals surface area contributed by atoms with Crippen molar-refractivity contribution in [1.29, 1.82) is 0 Å². The van der Waals surface area contributed by atoms with Crippen LogP contribution in [0.4, 0.5) is 11.4 Å². The Hall–Kier alpha value is -1.52. The van der Waals surface area contributed by atoms with Crippen LogP contribution in [0, 0.1) is 0 Å². The summed E-state index contributed by atoms with van der Waals surface area (Å²) >= 11 is 7.24. The number of halogens is 1. The van der Waals surface area contributed by atoms with Crippen molar-refractivity contribution in [3.05, 3.63) is 45.1 Å². The molecule has 94 valence electrons. The van der Waals surface area contributed by atoms with Crippen molar-refractivity contribution >= 4 is 40.2 Å². The molecule has 2 rings (SSSR count). The molecule has 0 saturated carbocycles. The van der Waals surface area contributed by atoms with Gasteiger partial charge in [-0.1, -0.05) is 18.5 Å². The minimum Gasteiger partial charge on any atom is -0.397 e. The highest BCUT2D eigenvalue weighted by atomic mass is 35.5. The fourth-order valence-corrected chi connectivity index (χ4v) is 2.71. The molecule has 0 radical (unpaired) electrons. The number of benzene rings is 1. The van der Waals surface area contributed by atoms with E-state index in [1.54, 1.807) is 18.2 Å². The molecule has 0 aliphatic carbocycles. The molecule has 0 spiro atoms. The van der Waals surface area contributed by atoms with Gasteiger partial charge < -0.3 is 11.1 Å². The number of thiophene rings is 1. The van der Waals surface area contributed by atoms with Crippen molar-refractivity contribution in [2.45, 2.75) is 13.3 Å². The lowest BCUT2D eigenvalue weighted by atomic mass is 10.2. The summed E-state index contributed by atoms with van der Waals surface area (Å²) < 4.78 is 0. The fourth-order valence-electron chi connectivity index (χ4n) is 1.64. The minimum atomic E-state index is -0.129. The van der Waals surface area contributed by atoms with E-state index in [1.165, 1.54) is 11.3 Å². The van der Waals surface area contributed by atoms with E-state index in [2.05, 4.69) is 5.32 Å². The summed E-state index contributed by atoms with van der Waals surface area (Å²) in [4.78, 5) is 12.8. The van der Waals surface area contributed by atoms with Gasteiger partial charge in [0.1, 0.15) is 0 Å². The number of carbonyl (C=O) groups is 1. The molecular formula is C13H13ClN2OS. The first-order valence-electron chi connectivity index (χ1n) is 5.54. The Labute approximate surface area is 115 Å². The number of carbonyl (C=O) groups excluding carboxylic acids is 1. The van der Waals surface area contributed by atoms with Crippen LogP contribution in [0.2, 0.25) is 5.02 Å². The second kappa shape index (κ2) is 5.42. The van der Waals surface area contributed by atoms with E-state index < -0.39 is 0 Å². The van der Waals surface area contributed by atoms with Gasteiger partial charge in [0.25, 0.3) is 5.91 Å². The minimum absolute atomic E-state index is 0.129. The number of nitrogen functional groups attached to an aromatic ring is 1. The van der Waals surface area contributed by atoms with Crippen LogP contribution in [0.3, 0.4) is 0 Å². The van der Waals surface area contributed by atoms with Gasteiger partial charge in [-0.2, -0.15) is 0 Å². The maximum atomic E-state index is 12.1. The Morgan fingerprint density at radius 2 is 2.22 bits per heavy atom. The number of rotatable bonds is 3. The standard InChI is InChI=1S/C13H13ClN2OS/c1-2-8-5-6-18-12(8)13(17)16-11-4-3-9(14)7-10(11)15/h3-7H,2,15H2,1H3,(H,16,17). The smallest absolute Gasteiger partial charge is 0.266 e. The highest BCUT2D eigenvalue weighted by molar-refractivity contribution is 7.12. The van der Waals surface area contributed by atoms with E-state index in [1.807, 2.05) is 18.4 Å². The van der Waals surface area contributed by atoms with Crippen LogP contribution < -0.4 is 11.1 Å². The van der Waals surface area contributed by atoms with Crippen LogP contribution in [0.15, 0.2) is 29.6 Å². The molecule has 0 bridgehead atoms. The van der Waals surface area contributed by atoms with E-state index in [0.717, 1.165) is 16.9 Å². The maximum absolute atomic E-state index is 12.1. The first-order valence-corrected chi connectivity index (χ1v) is 6.80. The van der Waals surface area contributed by atoms with Gasteiger partial charge in [0, 0.05) is 5.02 Å². The van der Waals surface area contributed by atoms with Gasteiger partial charge in [-0.15, -0.1) is 11.3 Å². The zero-order chi connectivity index (χ0) is 13.1. The molecule has 3 nitrogen and oxygen atoms in total. The third kappa shape index (κ3) is 2.66. The van der Waals surface area contributed by atoms with Gasteiger partial charge in [0.2, 0.25) is 0 Å². The van der Waals surface area contributed by atoms with Gasteiger partial charge in [-0.3, -0.25) is 4.79 Å². The molecule has 1 aromatic heterocycles. The Kier molecular flexibility index (Phi) is 3.89. The van der Waals surface area contributed by atoms with Crippen molar-refractivity contribution < 1.29 is 4.79 Å². The van der Waals surface area contributed by atoms with Crippen LogP contribution in [-0.4, -0.2) is 5.91 Å². The first-order chi connectivity index (χ1) is 8.61. The fraction of sp³-hybridized carbons (Fsp3) is 0.154. The van der Waals surface area contributed by atoms with Gasteiger partial charge in [0.05, 0.1) is 16.3 Å². The van der Waals surface area contributed by atoms with Gasteiger partial charge >= 0.3 is 0 Å². The molecule has 1 aromatic carbocycles. The van der Waals surface area contributed by atoms with Crippen molar-refractivity contribution in [3.63, 3.8) is 0 Å². The number of hydrogen-bond donors (Lipinski definition) is 2. The Bertz CT molecular complexity index is 580. The van der Waals surface area contributed by atoms with Crippen molar-refractivity contribution in [1.82, 2.24) is 0 Å². The summed E-state index contributed by atoms with van der Waals surface area (Å²) in [6.07, 6.45) is 0.836. The summed E-state index contributed by atoms with van der Waals surface area (Å²) in [5.41, 5.74) is 7.89. The van der Waals surface area contributed by atoms with E-state index in [-0.39, 0.29) is 5.91 Å². The summed E-state index contributed by atoms with van der Waals surface area (Å²) in [7, 11) is 0. The summed E-state index contributed by atoms with van der Waals surface area (Å²) in [6, 6.07) is 6.98. The topological polar surface area (TPSA) is 55.1 Å². The lowest BCUT2D eigenvalue weighted by Crippen LogP contribution is -2.13. The SMILES string of the molecule is CCc1ccsc1C(=O)Nc1ccc(Cl)cc1N. The van der Waals surface area contributed by atoms with Crippen LogP contribution >= 0.6 is 22.9 Å². The lowest BCUT2D eigenvalue weighted by molar-refractivity contribution is 0.103. The van der Waals surface area contributed by atoms with Crippen LogP contribution in [0.25, 0.3) is 0 Å². The Balaban J connectivity index is 2.21. The van der Waals surface area contributed by atoms with Gasteiger partial charge in [-0.05, 0) is 41.6 Å². The van der Waals surface area contributed by atoms with E-state index in [0.29, 0.717) is 16.4 Å². The monoisotopic (exact) mass is 280 g/mol.